The van der Waals surface area contributed by atoms with Crippen molar-refractivity contribution in [3.05, 3.63) is 65.2 Å². The maximum Gasteiger partial charge on any atom is 0.438 e. The molecule has 0 aromatic heterocycles. The lowest BCUT2D eigenvalue weighted by atomic mass is 10.0. The van der Waals surface area contributed by atoms with Crippen LogP contribution in [-0.2, 0) is 0 Å². The first-order valence-electron chi connectivity index (χ1n) is 8.08. The van der Waals surface area contributed by atoms with Gasteiger partial charge >= 0.3 is 6.18 Å². The molecule has 0 aliphatic carbocycles. The summed E-state index contributed by atoms with van der Waals surface area (Å²) < 4.78 is 45.9. The number of hydrogen-bond acceptors (Lipinski definition) is 4. The Balaban J connectivity index is 2.03. The van der Waals surface area contributed by atoms with Gasteiger partial charge in [0.15, 0.2) is 0 Å². The zero-order valence-electron chi connectivity index (χ0n) is 14.6. The van der Waals surface area contributed by atoms with Crippen LogP contribution >= 0.6 is 0 Å². The van der Waals surface area contributed by atoms with Gasteiger partial charge in [-0.2, -0.15) is 23.3 Å². The second kappa shape index (κ2) is 6.70. The second-order valence-electron chi connectivity index (χ2n) is 6.25. The molecule has 8 heteroatoms. The third-order valence-electron chi connectivity index (χ3n) is 4.32. The summed E-state index contributed by atoms with van der Waals surface area (Å²) in [5.74, 6) is -0.502. The van der Waals surface area contributed by atoms with Crippen LogP contribution in [0.4, 0.5) is 13.2 Å². The van der Waals surface area contributed by atoms with E-state index in [9.17, 15) is 23.1 Å². The van der Waals surface area contributed by atoms with Crippen LogP contribution in [0.1, 0.15) is 27.9 Å². The largest absolute Gasteiger partial charge is 0.497 e. The van der Waals surface area contributed by atoms with E-state index in [1.807, 2.05) is 0 Å². The Morgan fingerprint density at radius 1 is 1.22 bits per heavy atom. The zero-order valence-corrected chi connectivity index (χ0v) is 14.6. The molecule has 3 rings (SSSR count). The van der Waals surface area contributed by atoms with Gasteiger partial charge in [-0.1, -0.05) is 17.7 Å². The van der Waals surface area contributed by atoms with Crippen molar-refractivity contribution in [2.45, 2.75) is 25.2 Å². The fraction of sp³-hybridized carbons (Fsp3) is 0.263. The van der Waals surface area contributed by atoms with Gasteiger partial charge in [0, 0.05) is 5.56 Å². The molecule has 0 radical (unpaired) electrons. The monoisotopic (exact) mass is 378 g/mol. The quantitative estimate of drug-likeness (QED) is 0.889. The lowest BCUT2D eigenvalue weighted by Crippen LogP contribution is -2.56. The van der Waals surface area contributed by atoms with Gasteiger partial charge in [-0.15, -0.1) is 0 Å². The highest BCUT2D eigenvalue weighted by molar-refractivity contribution is 6.05. The van der Waals surface area contributed by atoms with Crippen LogP contribution in [-0.4, -0.2) is 40.7 Å². The molecule has 27 heavy (non-hydrogen) atoms. The molecule has 1 aliphatic rings. The van der Waals surface area contributed by atoms with Crippen LogP contribution in [0.25, 0.3) is 0 Å². The Hall–Kier alpha value is -2.87. The van der Waals surface area contributed by atoms with Crippen molar-refractivity contribution < 1.29 is 27.8 Å². The van der Waals surface area contributed by atoms with E-state index < -0.39 is 24.2 Å². The molecule has 1 aliphatic heterocycles. The zero-order chi connectivity index (χ0) is 19.8. The summed E-state index contributed by atoms with van der Waals surface area (Å²) in [6.45, 7) is 1.71. The highest BCUT2D eigenvalue weighted by Gasteiger charge is 2.63. The standard InChI is InChI=1S/C19H17F3N2O3/c1-12-4-3-5-14(10-12)17(25)24-18(26,19(20,21)22)11-16(23-24)13-6-8-15(27-2)9-7-13/h3-10,26H,11H2,1-2H3. The molecule has 0 bridgehead atoms. The molecule has 1 unspecified atom stereocenters. The smallest absolute Gasteiger partial charge is 0.438 e. The molecule has 1 atom stereocenters. The van der Waals surface area contributed by atoms with Crippen molar-refractivity contribution in [1.29, 1.82) is 0 Å². The van der Waals surface area contributed by atoms with E-state index in [2.05, 4.69) is 5.10 Å². The number of ether oxygens (including phenoxy) is 1. The van der Waals surface area contributed by atoms with E-state index in [0.717, 1.165) is 0 Å². The Morgan fingerprint density at radius 2 is 1.89 bits per heavy atom. The maximum atomic E-state index is 13.6. The van der Waals surface area contributed by atoms with E-state index in [1.165, 1.54) is 31.4 Å². The van der Waals surface area contributed by atoms with E-state index >= 15 is 0 Å². The highest BCUT2D eigenvalue weighted by Crippen LogP contribution is 2.42. The number of methoxy groups -OCH3 is 1. The SMILES string of the molecule is COc1ccc(C2=NN(C(=O)c3cccc(C)c3)C(O)(C(F)(F)F)C2)cc1. The minimum absolute atomic E-state index is 0.0115. The average molecular weight is 378 g/mol. The third-order valence-corrected chi connectivity index (χ3v) is 4.32. The Kier molecular flexibility index (Phi) is 4.69. The number of amides is 1. The first kappa shape index (κ1) is 18.9. The summed E-state index contributed by atoms with van der Waals surface area (Å²) >= 11 is 0. The number of aliphatic hydroxyl groups is 1. The van der Waals surface area contributed by atoms with Crippen LogP contribution in [0.15, 0.2) is 53.6 Å². The third kappa shape index (κ3) is 3.40. The number of carbonyl (C=O) groups excluding carboxylic acids is 1. The van der Waals surface area contributed by atoms with E-state index in [0.29, 0.717) is 16.9 Å². The van der Waals surface area contributed by atoms with Crippen LogP contribution in [0.3, 0.4) is 0 Å². The molecule has 1 heterocycles. The summed E-state index contributed by atoms with van der Waals surface area (Å²) in [6, 6.07) is 12.3. The molecule has 1 amide bonds. The van der Waals surface area contributed by atoms with E-state index in [1.54, 1.807) is 31.2 Å². The van der Waals surface area contributed by atoms with Gasteiger partial charge in [0.1, 0.15) is 5.75 Å². The van der Waals surface area contributed by atoms with Gasteiger partial charge in [-0.3, -0.25) is 4.79 Å². The van der Waals surface area contributed by atoms with Crippen LogP contribution in [0, 0.1) is 6.92 Å². The molecule has 1 N–H and O–H groups in total. The number of rotatable bonds is 3. The number of aryl methyl sites for hydroxylation is 1. The maximum absolute atomic E-state index is 13.6. The van der Waals surface area contributed by atoms with Gasteiger partial charge < -0.3 is 9.84 Å². The number of benzene rings is 2. The summed E-state index contributed by atoms with van der Waals surface area (Å²) in [5.41, 5.74) is -2.38. The summed E-state index contributed by atoms with van der Waals surface area (Å²) in [5, 5.41) is 14.3. The first-order valence-corrected chi connectivity index (χ1v) is 8.08. The normalized spacial score (nSPS) is 19.8. The van der Waals surface area contributed by atoms with Gasteiger partial charge in [-0.05, 0) is 48.9 Å². The Bertz CT molecular complexity index is 894. The Morgan fingerprint density at radius 3 is 2.44 bits per heavy atom. The molecule has 142 valence electrons. The van der Waals surface area contributed by atoms with Crippen LogP contribution < -0.4 is 4.74 Å². The summed E-state index contributed by atoms with van der Waals surface area (Å²) in [7, 11) is 1.47. The number of hydrazone groups is 1. The van der Waals surface area contributed by atoms with Gasteiger partial charge in [0.2, 0.25) is 0 Å². The number of carbonyl (C=O) groups is 1. The minimum atomic E-state index is -5.08. The first-order chi connectivity index (χ1) is 12.7. The second-order valence-corrected chi connectivity index (χ2v) is 6.25. The Labute approximate surface area is 153 Å². The molecule has 0 fully saturated rings. The predicted molar refractivity (Wildman–Crippen MR) is 92.5 cm³/mol. The topological polar surface area (TPSA) is 62.1 Å². The van der Waals surface area contributed by atoms with Crippen molar-refractivity contribution in [2.24, 2.45) is 5.10 Å². The fourth-order valence-corrected chi connectivity index (χ4v) is 2.82. The minimum Gasteiger partial charge on any atom is -0.497 e. The molecule has 0 saturated heterocycles. The number of nitrogens with zero attached hydrogens (tertiary/aromatic N) is 2. The summed E-state index contributed by atoms with van der Waals surface area (Å²) in [6.07, 6.45) is -5.94. The molecular formula is C19H17F3N2O3. The van der Waals surface area contributed by atoms with E-state index in [4.69, 9.17) is 4.74 Å². The van der Waals surface area contributed by atoms with Gasteiger partial charge in [-0.25, -0.2) is 0 Å². The molecule has 5 nitrogen and oxygen atoms in total. The van der Waals surface area contributed by atoms with Crippen molar-refractivity contribution in [1.82, 2.24) is 5.01 Å². The average Bonchev–Trinajstić information content (AvgIpc) is 3.00. The van der Waals surface area contributed by atoms with Crippen LogP contribution in [0.2, 0.25) is 0 Å². The number of halogens is 3. The van der Waals surface area contributed by atoms with Gasteiger partial charge in [0.05, 0.1) is 19.2 Å². The molecule has 0 spiro atoms. The van der Waals surface area contributed by atoms with E-state index in [-0.39, 0.29) is 16.3 Å². The molecule has 2 aromatic rings. The van der Waals surface area contributed by atoms with Crippen molar-refractivity contribution >= 4 is 11.6 Å². The molecule has 0 saturated carbocycles. The van der Waals surface area contributed by atoms with Crippen molar-refractivity contribution in [3.8, 4) is 5.75 Å². The molecular weight excluding hydrogens is 361 g/mol. The van der Waals surface area contributed by atoms with Crippen molar-refractivity contribution in [2.75, 3.05) is 7.11 Å². The fourth-order valence-electron chi connectivity index (χ4n) is 2.82. The summed E-state index contributed by atoms with van der Waals surface area (Å²) in [4.78, 5) is 12.7. The highest BCUT2D eigenvalue weighted by atomic mass is 19.4. The van der Waals surface area contributed by atoms with Gasteiger partial charge in [0.25, 0.3) is 11.6 Å². The lowest BCUT2D eigenvalue weighted by molar-refractivity contribution is -0.297. The molecule has 2 aromatic carbocycles. The number of hydrogen-bond donors (Lipinski definition) is 1. The van der Waals surface area contributed by atoms with Crippen molar-refractivity contribution in [3.63, 3.8) is 0 Å². The van der Waals surface area contributed by atoms with Crippen LogP contribution in [0.5, 0.6) is 5.75 Å². The number of alkyl halides is 3. The predicted octanol–water partition coefficient (Wildman–Crippen LogP) is 3.50. The lowest BCUT2D eigenvalue weighted by Gasteiger charge is -2.32.